The van der Waals surface area contributed by atoms with Gasteiger partial charge in [-0.15, -0.1) is 0 Å². The van der Waals surface area contributed by atoms with Gasteiger partial charge in [-0.3, -0.25) is 4.79 Å². The van der Waals surface area contributed by atoms with Crippen molar-refractivity contribution in [1.82, 2.24) is 18.8 Å². The lowest BCUT2D eigenvalue weighted by molar-refractivity contribution is -0.138. The monoisotopic (exact) mass is 356 g/mol. The predicted octanol–water partition coefficient (Wildman–Crippen LogP) is 0.0697. The summed E-state index contributed by atoms with van der Waals surface area (Å²) in [4.78, 5) is 18.6. The summed E-state index contributed by atoms with van der Waals surface area (Å²) >= 11 is 0. The van der Waals surface area contributed by atoms with Crippen LogP contribution in [0.4, 0.5) is 0 Å². The number of carbonyl (C=O) groups is 1. The zero-order valence-corrected chi connectivity index (χ0v) is 15.0. The lowest BCUT2D eigenvalue weighted by atomic mass is 9.79. The molecule has 2 aliphatic heterocycles. The summed E-state index contributed by atoms with van der Waals surface area (Å²) in [5, 5.41) is 0.0451. The molecule has 2 aliphatic rings. The van der Waals surface area contributed by atoms with Crippen LogP contribution in [0.5, 0.6) is 0 Å². The summed E-state index contributed by atoms with van der Waals surface area (Å²) in [7, 11) is -0.313. The van der Waals surface area contributed by atoms with E-state index in [1.807, 2.05) is 0 Å². The van der Waals surface area contributed by atoms with E-state index in [0.717, 1.165) is 6.42 Å². The van der Waals surface area contributed by atoms with Crippen molar-refractivity contribution in [3.05, 3.63) is 12.5 Å². The Morgan fingerprint density at radius 3 is 2.79 bits per heavy atom. The number of piperidine rings is 1. The zero-order valence-electron chi connectivity index (χ0n) is 14.1. The van der Waals surface area contributed by atoms with E-state index in [9.17, 15) is 13.2 Å². The lowest BCUT2D eigenvalue weighted by Crippen LogP contribution is -2.50. The molecule has 1 atom stereocenters. The molecule has 1 aromatic heterocycles. The van der Waals surface area contributed by atoms with Crippen LogP contribution in [-0.4, -0.2) is 73.0 Å². The van der Waals surface area contributed by atoms with E-state index in [1.165, 1.54) is 16.8 Å². The van der Waals surface area contributed by atoms with E-state index in [2.05, 4.69) is 4.98 Å². The molecule has 3 heterocycles. The third-order valence-corrected chi connectivity index (χ3v) is 6.72. The maximum Gasteiger partial charge on any atom is 0.262 e. The van der Waals surface area contributed by atoms with Crippen molar-refractivity contribution in [2.24, 2.45) is 12.5 Å². The second-order valence-electron chi connectivity index (χ2n) is 6.63. The number of likely N-dealkylation sites (tertiary alicyclic amines) is 1. The van der Waals surface area contributed by atoms with Crippen molar-refractivity contribution < 1.29 is 17.9 Å². The number of aromatic nitrogens is 2. The van der Waals surface area contributed by atoms with Gasteiger partial charge in [0.25, 0.3) is 10.0 Å². The largest absolute Gasteiger partial charge is 0.383 e. The average Bonchev–Trinajstić information content (AvgIpc) is 3.12. The summed E-state index contributed by atoms with van der Waals surface area (Å²) in [6.07, 6.45) is 5.10. The van der Waals surface area contributed by atoms with Crippen molar-refractivity contribution in [2.75, 3.05) is 39.9 Å². The average molecular weight is 356 g/mol. The van der Waals surface area contributed by atoms with Crippen molar-refractivity contribution in [1.29, 1.82) is 0 Å². The molecule has 8 nitrogen and oxygen atoms in total. The molecule has 0 aromatic carbocycles. The Morgan fingerprint density at radius 1 is 1.33 bits per heavy atom. The number of methoxy groups -OCH3 is 1. The quantitative estimate of drug-likeness (QED) is 0.745. The third-order valence-electron chi connectivity index (χ3n) is 4.99. The lowest BCUT2D eigenvalue weighted by Gasteiger charge is -2.37. The number of hydrogen-bond acceptors (Lipinski definition) is 5. The molecule has 1 spiro atoms. The molecule has 0 saturated carbocycles. The molecule has 1 amide bonds. The first-order chi connectivity index (χ1) is 11.4. The van der Waals surface area contributed by atoms with Crippen LogP contribution in [0.2, 0.25) is 0 Å². The summed E-state index contributed by atoms with van der Waals surface area (Å²) in [6.45, 7) is 2.40. The Kier molecular flexibility index (Phi) is 4.67. The number of carbonyl (C=O) groups excluding carboxylic acids is 1. The van der Waals surface area contributed by atoms with Gasteiger partial charge in [0.1, 0.15) is 0 Å². The van der Waals surface area contributed by atoms with Crippen LogP contribution in [-0.2, 0) is 26.6 Å². The van der Waals surface area contributed by atoms with Crippen LogP contribution in [0.1, 0.15) is 19.3 Å². The maximum atomic E-state index is 12.8. The number of imidazole rings is 1. The number of ether oxygens (including phenoxy) is 1. The standard InChI is InChI=1S/C15H24N4O4S/c1-17-10-13(16-12-17)24(21,22)19-6-3-4-15(11-19)5-7-18(14(15)20)8-9-23-2/h10,12H,3-9,11H2,1-2H3. The van der Waals surface area contributed by atoms with Gasteiger partial charge in [-0.1, -0.05) is 0 Å². The first kappa shape index (κ1) is 17.4. The second-order valence-corrected chi connectivity index (χ2v) is 8.52. The van der Waals surface area contributed by atoms with Gasteiger partial charge in [-0.2, -0.15) is 4.31 Å². The summed E-state index contributed by atoms with van der Waals surface area (Å²) < 4.78 is 33.7. The SMILES string of the molecule is COCCN1CCC2(CCCN(S(=O)(=O)c3cn(C)cn3)C2)C1=O. The molecule has 134 valence electrons. The molecule has 3 rings (SSSR count). The highest BCUT2D eigenvalue weighted by Crippen LogP contribution is 2.41. The van der Waals surface area contributed by atoms with Gasteiger partial charge in [0, 0.05) is 46.5 Å². The van der Waals surface area contributed by atoms with E-state index in [1.54, 1.807) is 23.6 Å². The molecule has 1 unspecified atom stereocenters. The van der Waals surface area contributed by atoms with Crippen molar-refractivity contribution in [3.63, 3.8) is 0 Å². The highest BCUT2D eigenvalue weighted by atomic mass is 32.2. The van der Waals surface area contributed by atoms with E-state index in [-0.39, 0.29) is 17.5 Å². The molecule has 0 radical (unpaired) electrons. The molecule has 0 aliphatic carbocycles. The fourth-order valence-electron chi connectivity index (χ4n) is 3.64. The molecule has 9 heteroatoms. The Balaban J connectivity index is 1.79. The molecule has 1 aromatic rings. The smallest absolute Gasteiger partial charge is 0.262 e. The summed E-state index contributed by atoms with van der Waals surface area (Å²) in [5.74, 6) is 0.0560. The fraction of sp³-hybridized carbons (Fsp3) is 0.733. The number of nitrogens with zero attached hydrogens (tertiary/aromatic N) is 4. The van der Waals surface area contributed by atoms with E-state index in [0.29, 0.717) is 39.1 Å². The highest BCUT2D eigenvalue weighted by molar-refractivity contribution is 7.89. The Labute approximate surface area is 142 Å². The van der Waals surface area contributed by atoms with E-state index >= 15 is 0 Å². The maximum absolute atomic E-state index is 12.8. The van der Waals surface area contributed by atoms with Crippen LogP contribution in [0, 0.1) is 5.41 Å². The molecule has 24 heavy (non-hydrogen) atoms. The fourth-order valence-corrected chi connectivity index (χ4v) is 5.17. The van der Waals surface area contributed by atoms with Gasteiger partial charge in [0.15, 0.2) is 5.03 Å². The van der Waals surface area contributed by atoms with Crippen LogP contribution in [0.25, 0.3) is 0 Å². The van der Waals surface area contributed by atoms with Gasteiger partial charge in [-0.25, -0.2) is 13.4 Å². The first-order valence-electron chi connectivity index (χ1n) is 8.15. The normalized spacial score (nSPS) is 25.8. The van der Waals surface area contributed by atoms with Gasteiger partial charge < -0.3 is 14.2 Å². The summed E-state index contributed by atoms with van der Waals surface area (Å²) in [5.41, 5.74) is -0.589. The van der Waals surface area contributed by atoms with Crippen molar-refractivity contribution in [3.8, 4) is 0 Å². The zero-order chi connectivity index (χ0) is 17.4. The van der Waals surface area contributed by atoms with Crippen LogP contribution >= 0.6 is 0 Å². The molecule has 2 saturated heterocycles. The number of rotatable bonds is 5. The number of aryl methyl sites for hydroxylation is 1. The Hall–Kier alpha value is -1.45. The van der Waals surface area contributed by atoms with Crippen molar-refractivity contribution in [2.45, 2.75) is 24.3 Å². The van der Waals surface area contributed by atoms with Crippen LogP contribution < -0.4 is 0 Å². The third kappa shape index (κ3) is 2.96. The van der Waals surface area contributed by atoms with Crippen LogP contribution in [0.3, 0.4) is 0 Å². The van der Waals surface area contributed by atoms with Crippen molar-refractivity contribution >= 4 is 15.9 Å². The Morgan fingerprint density at radius 2 is 2.12 bits per heavy atom. The topological polar surface area (TPSA) is 84.7 Å². The van der Waals surface area contributed by atoms with Gasteiger partial charge in [0.05, 0.1) is 18.3 Å². The molecular weight excluding hydrogens is 332 g/mol. The minimum absolute atomic E-state index is 0.0451. The minimum Gasteiger partial charge on any atom is -0.383 e. The molecule has 0 bridgehead atoms. The minimum atomic E-state index is -3.66. The molecule has 0 N–H and O–H groups in total. The molecular formula is C15H24N4O4S. The second kappa shape index (κ2) is 6.45. The Bertz CT molecular complexity index is 717. The van der Waals surface area contributed by atoms with Crippen LogP contribution in [0.15, 0.2) is 17.6 Å². The van der Waals surface area contributed by atoms with Gasteiger partial charge in [-0.05, 0) is 19.3 Å². The first-order valence-corrected chi connectivity index (χ1v) is 9.59. The number of hydrogen-bond donors (Lipinski definition) is 0. The summed E-state index contributed by atoms with van der Waals surface area (Å²) in [6, 6.07) is 0. The van der Waals surface area contributed by atoms with Gasteiger partial charge >= 0.3 is 0 Å². The van der Waals surface area contributed by atoms with Gasteiger partial charge in [0.2, 0.25) is 5.91 Å². The predicted molar refractivity (Wildman–Crippen MR) is 86.7 cm³/mol. The molecule has 2 fully saturated rings. The van der Waals surface area contributed by atoms with E-state index in [4.69, 9.17) is 4.74 Å². The van der Waals surface area contributed by atoms with E-state index < -0.39 is 15.4 Å². The number of amides is 1. The highest BCUT2D eigenvalue weighted by Gasteiger charge is 2.50. The number of sulfonamides is 1.